The van der Waals surface area contributed by atoms with E-state index >= 15 is 0 Å². The number of carboxylic acids is 1. The summed E-state index contributed by atoms with van der Waals surface area (Å²) in [5, 5.41) is 9.47. The Kier molecular flexibility index (Phi) is 6.53. The summed E-state index contributed by atoms with van der Waals surface area (Å²) in [6, 6.07) is 16.0. The van der Waals surface area contributed by atoms with E-state index in [0.29, 0.717) is 42.6 Å². The topological polar surface area (TPSA) is 122 Å². The highest BCUT2D eigenvalue weighted by Crippen LogP contribution is 2.45. The number of pyridine rings is 2. The van der Waals surface area contributed by atoms with E-state index in [0.717, 1.165) is 18.4 Å². The Morgan fingerprint density at radius 3 is 2.62 bits per heavy atom. The molecule has 37 heavy (non-hydrogen) atoms. The summed E-state index contributed by atoms with van der Waals surface area (Å²) in [4.78, 5) is 22.6. The Morgan fingerprint density at radius 2 is 1.89 bits per heavy atom. The molecule has 5 rings (SSSR count). The highest BCUT2D eigenvalue weighted by Gasteiger charge is 2.38. The lowest BCUT2D eigenvalue weighted by atomic mass is 9.82. The van der Waals surface area contributed by atoms with Crippen LogP contribution in [-0.2, 0) is 14.8 Å². The lowest BCUT2D eigenvalue weighted by Gasteiger charge is -2.38. The summed E-state index contributed by atoms with van der Waals surface area (Å²) in [7, 11) is -2.49. The fourth-order valence-corrected chi connectivity index (χ4v) is 5.82. The molecular weight excluding hydrogens is 492 g/mol. The van der Waals surface area contributed by atoms with E-state index in [9.17, 15) is 18.3 Å². The molecule has 2 aliphatic rings. The Labute approximate surface area is 216 Å². The maximum atomic E-state index is 13.3. The van der Waals surface area contributed by atoms with E-state index in [1.807, 2.05) is 23.1 Å². The molecule has 3 heterocycles. The zero-order valence-electron chi connectivity index (χ0n) is 20.8. The lowest BCUT2D eigenvalue weighted by Crippen LogP contribution is -2.46. The van der Waals surface area contributed by atoms with Gasteiger partial charge in [0.2, 0.25) is 0 Å². The first kappa shape index (κ1) is 25.0. The fourth-order valence-electron chi connectivity index (χ4n) is 4.85. The monoisotopic (exact) mass is 522 g/mol. The van der Waals surface area contributed by atoms with Gasteiger partial charge < -0.3 is 14.7 Å². The summed E-state index contributed by atoms with van der Waals surface area (Å²) in [5.74, 6) is 0.754. The molecule has 2 N–H and O–H groups in total. The molecule has 1 atom stereocenters. The first-order valence-corrected chi connectivity index (χ1v) is 13.8. The van der Waals surface area contributed by atoms with Gasteiger partial charge in [-0.1, -0.05) is 30.3 Å². The quantitative estimate of drug-likeness (QED) is 0.443. The number of aromatic nitrogens is 2. The highest BCUT2D eigenvalue weighted by molar-refractivity contribution is 7.92. The largest absolute Gasteiger partial charge is 0.494 e. The van der Waals surface area contributed by atoms with Crippen LogP contribution >= 0.6 is 0 Å². The third-order valence-corrected chi connectivity index (χ3v) is 8.33. The number of nitrogens with one attached hydrogen (secondary N) is 1. The van der Waals surface area contributed by atoms with Crippen molar-refractivity contribution >= 4 is 27.6 Å². The molecule has 1 aliphatic carbocycles. The van der Waals surface area contributed by atoms with Gasteiger partial charge in [-0.2, -0.15) is 8.42 Å². The van der Waals surface area contributed by atoms with E-state index in [4.69, 9.17) is 4.74 Å². The molecule has 2 fully saturated rings. The van der Waals surface area contributed by atoms with Crippen molar-refractivity contribution in [3.8, 4) is 17.0 Å². The summed E-state index contributed by atoms with van der Waals surface area (Å²) in [6.07, 6.45) is 3.49. The number of carbonyl (C=O) groups is 1. The fraction of sp³-hybridized carbons (Fsp3) is 0.370. The molecule has 0 unspecified atom stereocenters. The summed E-state index contributed by atoms with van der Waals surface area (Å²) in [6.45, 7) is 2.57. The third-order valence-electron chi connectivity index (χ3n) is 7.07. The van der Waals surface area contributed by atoms with Crippen LogP contribution in [0.15, 0.2) is 59.6 Å². The van der Waals surface area contributed by atoms with Crippen LogP contribution in [0.1, 0.15) is 44.1 Å². The van der Waals surface area contributed by atoms with Gasteiger partial charge >= 0.3 is 5.97 Å². The molecule has 10 heteroatoms. The second-order valence-electron chi connectivity index (χ2n) is 9.94. The highest BCUT2D eigenvalue weighted by atomic mass is 32.2. The van der Waals surface area contributed by atoms with E-state index in [-0.39, 0.29) is 17.4 Å². The predicted octanol–water partition coefficient (Wildman–Crippen LogP) is 4.52. The Bertz CT molecular complexity index is 1440. The molecule has 2 aromatic heterocycles. The van der Waals surface area contributed by atoms with Crippen LogP contribution in [0.25, 0.3) is 11.3 Å². The van der Waals surface area contributed by atoms with Gasteiger partial charge in [-0.05, 0) is 68.4 Å². The second kappa shape index (κ2) is 9.66. The molecule has 194 valence electrons. The zero-order valence-corrected chi connectivity index (χ0v) is 21.7. The number of hydrogen-bond donors (Lipinski definition) is 2. The molecule has 0 amide bonds. The first-order valence-electron chi connectivity index (χ1n) is 12.3. The van der Waals surface area contributed by atoms with Gasteiger partial charge in [0.05, 0.1) is 12.5 Å². The number of piperidine rings is 1. The van der Waals surface area contributed by atoms with Crippen LogP contribution in [-0.4, -0.2) is 49.7 Å². The number of methoxy groups -OCH3 is 1. The number of benzene rings is 1. The van der Waals surface area contributed by atoms with Crippen LogP contribution < -0.4 is 14.4 Å². The number of nitrogens with zero attached hydrogens (tertiary/aromatic N) is 3. The van der Waals surface area contributed by atoms with Crippen molar-refractivity contribution in [2.45, 2.75) is 43.6 Å². The van der Waals surface area contributed by atoms with Crippen LogP contribution in [0.5, 0.6) is 5.75 Å². The number of ether oxygens (including phenoxy) is 1. The van der Waals surface area contributed by atoms with Gasteiger partial charge in [0.25, 0.3) is 10.0 Å². The van der Waals surface area contributed by atoms with Gasteiger partial charge in [0.15, 0.2) is 5.03 Å². The Morgan fingerprint density at radius 1 is 1.11 bits per heavy atom. The number of rotatable bonds is 8. The summed E-state index contributed by atoms with van der Waals surface area (Å²) >= 11 is 0. The van der Waals surface area contributed by atoms with Crippen LogP contribution in [0, 0.1) is 5.41 Å². The molecule has 0 bridgehead atoms. The molecule has 1 aliphatic heterocycles. The third kappa shape index (κ3) is 5.11. The molecule has 1 saturated carbocycles. The zero-order chi connectivity index (χ0) is 26.2. The maximum Gasteiger partial charge on any atom is 0.311 e. The average molecular weight is 523 g/mol. The van der Waals surface area contributed by atoms with Crippen LogP contribution in [0.4, 0.5) is 11.6 Å². The minimum Gasteiger partial charge on any atom is -0.494 e. The molecule has 9 nitrogen and oxygen atoms in total. The number of sulfonamides is 1. The lowest BCUT2D eigenvalue weighted by molar-refractivity contribution is -0.148. The molecule has 1 saturated heterocycles. The van der Waals surface area contributed by atoms with Crippen molar-refractivity contribution in [3.63, 3.8) is 0 Å². The SMILES string of the molecule is COc1ccc(NS(=O)(=O)c2cccc(N3CCC[C@@](C)(C(=O)O)C3)n2)nc1-c1ccccc1C1CC1. The summed E-state index contributed by atoms with van der Waals surface area (Å²) < 4.78 is 34.7. The van der Waals surface area contributed by atoms with Crippen molar-refractivity contribution in [3.05, 3.63) is 60.2 Å². The summed E-state index contributed by atoms with van der Waals surface area (Å²) in [5.41, 5.74) is 1.77. The van der Waals surface area contributed by atoms with E-state index in [1.165, 1.54) is 11.6 Å². The minimum absolute atomic E-state index is 0.157. The standard InChI is InChI=1S/C27H30N4O5S/c1-27(26(32)33)15-6-16-31(17-27)23-9-5-10-24(29-23)37(34,35)30-22-14-13-21(36-2)25(28-22)20-8-4-3-7-19(20)18-11-12-18/h3-5,7-10,13-14,18H,6,11-12,15-17H2,1-2H3,(H,28,30)(H,32,33)/t27-/m1/s1. The maximum absolute atomic E-state index is 13.3. The number of hydrogen-bond acceptors (Lipinski definition) is 7. The number of aliphatic carboxylic acids is 1. The first-order chi connectivity index (χ1) is 17.7. The van der Waals surface area contributed by atoms with Crippen molar-refractivity contribution < 1.29 is 23.1 Å². The second-order valence-corrected chi connectivity index (χ2v) is 11.6. The Balaban J connectivity index is 1.43. The molecular formula is C27H30N4O5S. The van der Waals surface area contributed by atoms with Gasteiger partial charge in [0.1, 0.15) is 23.1 Å². The van der Waals surface area contributed by atoms with E-state index in [2.05, 4.69) is 20.8 Å². The predicted molar refractivity (Wildman–Crippen MR) is 140 cm³/mol. The minimum atomic E-state index is -4.06. The van der Waals surface area contributed by atoms with Gasteiger partial charge in [-0.25, -0.2) is 9.97 Å². The van der Waals surface area contributed by atoms with Crippen LogP contribution in [0.3, 0.4) is 0 Å². The van der Waals surface area contributed by atoms with Gasteiger partial charge in [-0.3, -0.25) is 9.52 Å². The van der Waals surface area contributed by atoms with Crippen molar-refractivity contribution in [2.24, 2.45) is 5.41 Å². The normalized spacial score (nSPS) is 19.9. The van der Waals surface area contributed by atoms with E-state index in [1.54, 1.807) is 38.3 Å². The molecule has 1 aromatic carbocycles. The van der Waals surface area contributed by atoms with E-state index < -0.39 is 21.4 Å². The molecule has 0 radical (unpaired) electrons. The molecule has 3 aromatic rings. The van der Waals surface area contributed by atoms with Crippen molar-refractivity contribution in [1.82, 2.24) is 9.97 Å². The number of anilines is 2. The Hall–Kier alpha value is -3.66. The van der Waals surface area contributed by atoms with Gasteiger partial charge in [-0.15, -0.1) is 0 Å². The van der Waals surface area contributed by atoms with Gasteiger partial charge in [0, 0.05) is 18.7 Å². The average Bonchev–Trinajstić information content (AvgIpc) is 3.74. The molecule has 0 spiro atoms. The smallest absolute Gasteiger partial charge is 0.311 e. The van der Waals surface area contributed by atoms with Crippen molar-refractivity contribution in [1.29, 1.82) is 0 Å². The van der Waals surface area contributed by atoms with Crippen molar-refractivity contribution in [2.75, 3.05) is 29.8 Å². The number of carboxylic acid groups (broad SMARTS) is 1. The van der Waals surface area contributed by atoms with Crippen LogP contribution in [0.2, 0.25) is 0 Å².